The first-order valence-corrected chi connectivity index (χ1v) is 8.88. The fourth-order valence-electron chi connectivity index (χ4n) is 3.21. The molecule has 1 heterocycles. The minimum Gasteiger partial charge on any atom is -0.396 e. The third-order valence-electron chi connectivity index (χ3n) is 4.73. The van der Waals surface area contributed by atoms with Gasteiger partial charge in [0.25, 0.3) is 5.91 Å². The standard InChI is InChI=1S/C18H27ClFN3O2/c1-21(2)6-7-22(3)9-13-10-23(11-14(13)12-24)18(25)16-5-4-15(19)8-17(16)20/h4-5,8,13-14,24H,6-7,9-12H2,1-3H3/t13-,14-/m1/s1. The Kier molecular flexibility index (Phi) is 7.19. The van der Waals surface area contributed by atoms with Gasteiger partial charge in [0.1, 0.15) is 5.82 Å². The Morgan fingerprint density at radius 1 is 1.28 bits per heavy atom. The SMILES string of the molecule is CN(C)CCN(C)C[C@@H]1CN(C(=O)c2ccc(Cl)cc2F)C[C@@H]1CO. The number of halogens is 2. The predicted octanol–water partition coefficient (Wildman–Crippen LogP) is 1.65. The molecule has 0 aliphatic carbocycles. The molecule has 1 saturated heterocycles. The molecule has 1 N–H and O–H groups in total. The molecule has 5 nitrogen and oxygen atoms in total. The van der Waals surface area contributed by atoms with Crippen molar-refractivity contribution in [1.29, 1.82) is 0 Å². The number of aliphatic hydroxyl groups excluding tert-OH is 1. The third-order valence-corrected chi connectivity index (χ3v) is 4.97. The second-order valence-electron chi connectivity index (χ2n) is 7.10. The quantitative estimate of drug-likeness (QED) is 0.791. The highest BCUT2D eigenvalue weighted by Gasteiger charge is 2.36. The Hall–Kier alpha value is -1.21. The molecule has 1 aromatic rings. The maximum Gasteiger partial charge on any atom is 0.256 e. The van der Waals surface area contributed by atoms with Crippen molar-refractivity contribution in [1.82, 2.24) is 14.7 Å². The number of amides is 1. The monoisotopic (exact) mass is 371 g/mol. The second kappa shape index (κ2) is 8.94. The predicted molar refractivity (Wildman–Crippen MR) is 97.4 cm³/mol. The smallest absolute Gasteiger partial charge is 0.256 e. The average molecular weight is 372 g/mol. The van der Waals surface area contributed by atoms with E-state index in [2.05, 4.69) is 9.80 Å². The summed E-state index contributed by atoms with van der Waals surface area (Å²) in [6, 6.07) is 4.09. The number of benzene rings is 1. The van der Waals surface area contributed by atoms with Crippen LogP contribution in [0.1, 0.15) is 10.4 Å². The molecule has 1 aliphatic rings. The van der Waals surface area contributed by atoms with Crippen LogP contribution in [0.25, 0.3) is 0 Å². The van der Waals surface area contributed by atoms with Gasteiger partial charge < -0.3 is 19.8 Å². The maximum absolute atomic E-state index is 14.0. The molecular formula is C18H27ClFN3O2. The van der Waals surface area contributed by atoms with Gasteiger partial charge in [-0.3, -0.25) is 4.79 Å². The lowest BCUT2D eigenvalue weighted by atomic mass is 9.96. The summed E-state index contributed by atoms with van der Waals surface area (Å²) in [5.41, 5.74) is 0.0303. The first-order chi connectivity index (χ1) is 11.8. The van der Waals surface area contributed by atoms with E-state index >= 15 is 0 Å². The molecule has 0 spiro atoms. The highest BCUT2D eigenvalue weighted by atomic mass is 35.5. The summed E-state index contributed by atoms with van der Waals surface area (Å²) >= 11 is 5.75. The molecule has 2 atom stereocenters. The topological polar surface area (TPSA) is 47.0 Å². The zero-order chi connectivity index (χ0) is 18.6. The van der Waals surface area contributed by atoms with Crippen molar-refractivity contribution >= 4 is 17.5 Å². The van der Waals surface area contributed by atoms with E-state index in [1.807, 2.05) is 21.1 Å². The molecular weight excluding hydrogens is 345 g/mol. The first kappa shape index (κ1) is 20.1. The summed E-state index contributed by atoms with van der Waals surface area (Å²) in [6.07, 6.45) is 0. The van der Waals surface area contributed by atoms with E-state index in [9.17, 15) is 14.3 Å². The van der Waals surface area contributed by atoms with Crippen LogP contribution in [0.2, 0.25) is 5.02 Å². The van der Waals surface area contributed by atoms with Gasteiger partial charge in [0, 0.05) is 50.3 Å². The van der Waals surface area contributed by atoms with Crippen molar-refractivity contribution < 1.29 is 14.3 Å². The van der Waals surface area contributed by atoms with Crippen LogP contribution in [-0.4, -0.2) is 86.2 Å². The Labute approximate surface area is 154 Å². The molecule has 7 heteroatoms. The molecule has 2 rings (SSSR count). The molecule has 0 saturated carbocycles. The third kappa shape index (κ3) is 5.38. The van der Waals surface area contributed by atoms with Crippen molar-refractivity contribution in [2.45, 2.75) is 0 Å². The first-order valence-electron chi connectivity index (χ1n) is 8.50. The minimum absolute atomic E-state index is 0.0149. The van der Waals surface area contributed by atoms with Crippen molar-refractivity contribution in [3.05, 3.63) is 34.6 Å². The molecule has 1 amide bonds. The van der Waals surface area contributed by atoms with Crippen LogP contribution in [-0.2, 0) is 0 Å². The van der Waals surface area contributed by atoms with Crippen LogP contribution in [0, 0.1) is 17.7 Å². The van der Waals surface area contributed by atoms with Gasteiger partial charge in [-0.2, -0.15) is 0 Å². The van der Waals surface area contributed by atoms with E-state index in [1.165, 1.54) is 12.1 Å². The zero-order valence-corrected chi connectivity index (χ0v) is 15.8. The number of hydrogen-bond donors (Lipinski definition) is 1. The maximum atomic E-state index is 14.0. The van der Waals surface area contributed by atoms with E-state index in [0.29, 0.717) is 13.1 Å². The van der Waals surface area contributed by atoms with Crippen molar-refractivity contribution in [3.63, 3.8) is 0 Å². The molecule has 1 aromatic carbocycles. The van der Waals surface area contributed by atoms with Gasteiger partial charge in [-0.05, 0) is 45.3 Å². The highest BCUT2D eigenvalue weighted by molar-refractivity contribution is 6.30. The number of carbonyl (C=O) groups excluding carboxylic acids is 1. The van der Waals surface area contributed by atoms with Gasteiger partial charge in [0.15, 0.2) is 0 Å². The van der Waals surface area contributed by atoms with Crippen molar-refractivity contribution in [3.8, 4) is 0 Å². The van der Waals surface area contributed by atoms with Gasteiger partial charge >= 0.3 is 0 Å². The van der Waals surface area contributed by atoms with E-state index in [4.69, 9.17) is 11.6 Å². The van der Waals surface area contributed by atoms with E-state index in [-0.39, 0.29) is 34.9 Å². The fourth-order valence-corrected chi connectivity index (χ4v) is 3.37. The number of carbonyl (C=O) groups is 1. The number of nitrogens with zero attached hydrogens (tertiary/aromatic N) is 3. The van der Waals surface area contributed by atoms with Crippen LogP contribution in [0.4, 0.5) is 4.39 Å². The number of likely N-dealkylation sites (N-methyl/N-ethyl adjacent to an activating group) is 2. The van der Waals surface area contributed by atoms with Gasteiger partial charge in [0.2, 0.25) is 0 Å². The van der Waals surface area contributed by atoms with Crippen LogP contribution >= 0.6 is 11.6 Å². The lowest BCUT2D eigenvalue weighted by Crippen LogP contribution is -2.35. The summed E-state index contributed by atoms with van der Waals surface area (Å²) in [4.78, 5) is 18.6. The summed E-state index contributed by atoms with van der Waals surface area (Å²) in [5.74, 6) is -0.756. The zero-order valence-electron chi connectivity index (χ0n) is 15.1. The summed E-state index contributed by atoms with van der Waals surface area (Å²) in [5, 5.41) is 9.94. The van der Waals surface area contributed by atoms with Gasteiger partial charge in [-0.25, -0.2) is 4.39 Å². The van der Waals surface area contributed by atoms with Gasteiger partial charge in [-0.15, -0.1) is 0 Å². The highest BCUT2D eigenvalue weighted by Crippen LogP contribution is 2.26. The van der Waals surface area contributed by atoms with Crippen molar-refractivity contribution in [2.24, 2.45) is 11.8 Å². The summed E-state index contributed by atoms with van der Waals surface area (Å²) < 4.78 is 14.0. The van der Waals surface area contributed by atoms with E-state index < -0.39 is 5.82 Å². The number of likely N-dealkylation sites (tertiary alicyclic amines) is 1. The molecule has 0 radical (unpaired) electrons. The summed E-state index contributed by atoms with van der Waals surface area (Å²) in [7, 11) is 6.10. The number of aliphatic hydroxyl groups is 1. The Bertz CT molecular complexity index is 600. The lowest BCUT2D eigenvalue weighted by molar-refractivity contribution is 0.0774. The molecule has 0 bridgehead atoms. The van der Waals surface area contributed by atoms with Gasteiger partial charge in [0.05, 0.1) is 5.56 Å². The van der Waals surface area contributed by atoms with Crippen LogP contribution in [0.3, 0.4) is 0 Å². The largest absolute Gasteiger partial charge is 0.396 e. The minimum atomic E-state index is -0.607. The van der Waals surface area contributed by atoms with Crippen molar-refractivity contribution in [2.75, 3.05) is 60.5 Å². The number of rotatable bonds is 7. The molecule has 0 unspecified atom stereocenters. The fraction of sp³-hybridized carbons (Fsp3) is 0.611. The van der Waals surface area contributed by atoms with Crippen LogP contribution < -0.4 is 0 Å². The van der Waals surface area contributed by atoms with Crippen LogP contribution in [0.15, 0.2) is 18.2 Å². The van der Waals surface area contributed by atoms with Crippen LogP contribution in [0.5, 0.6) is 0 Å². The van der Waals surface area contributed by atoms with Gasteiger partial charge in [-0.1, -0.05) is 11.6 Å². The Morgan fingerprint density at radius 2 is 1.96 bits per heavy atom. The summed E-state index contributed by atoms with van der Waals surface area (Å²) in [6.45, 7) is 3.67. The Balaban J connectivity index is 2.01. The number of hydrogen-bond acceptors (Lipinski definition) is 4. The molecule has 1 fully saturated rings. The molecule has 25 heavy (non-hydrogen) atoms. The average Bonchev–Trinajstić information content (AvgIpc) is 2.95. The Morgan fingerprint density at radius 3 is 2.56 bits per heavy atom. The molecule has 0 aromatic heterocycles. The second-order valence-corrected chi connectivity index (χ2v) is 7.54. The molecule has 140 valence electrons. The van der Waals surface area contributed by atoms with E-state index in [0.717, 1.165) is 25.7 Å². The normalized spacial score (nSPS) is 20.7. The van der Waals surface area contributed by atoms with E-state index in [1.54, 1.807) is 4.90 Å². The molecule has 1 aliphatic heterocycles. The lowest BCUT2D eigenvalue weighted by Gasteiger charge is -2.25.